The van der Waals surface area contributed by atoms with Crippen molar-refractivity contribution < 1.29 is 23.1 Å². The fraction of sp³-hybridized carbons (Fsp3) is 0.600. The highest BCUT2D eigenvalue weighted by molar-refractivity contribution is 7.71. The summed E-state index contributed by atoms with van der Waals surface area (Å²) >= 11 is 0. The Kier molecular flexibility index (Phi) is 6.25. The van der Waals surface area contributed by atoms with Gasteiger partial charge in [-0.05, 0) is 0 Å². The van der Waals surface area contributed by atoms with Crippen molar-refractivity contribution in [1.29, 1.82) is 0 Å². The molecule has 0 aliphatic carbocycles. The number of rotatable bonds is 6. The maximum atomic E-state index is 9.89. The Morgan fingerprint density at radius 3 is 2.75 bits per heavy atom. The van der Waals surface area contributed by atoms with Crippen LogP contribution in [0.3, 0.4) is 0 Å². The summed E-state index contributed by atoms with van der Waals surface area (Å²) in [5, 5.41) is 10.5. The topological polar surface area (TPSA) is 92.7 Å². The second-order valence-corrected chi connectivity index (χ2v) is 2.54. The molecular weight excluding hydrogens is 186 g/mol. The zero-order chi connectivity index (χ0) is 9.40. The summed E-state index contributed by atoms with van der Waals surface area (Å²) in [5.41, 5.74) is 0.865. The van der Waals surface area contributed by atoms with Gasteiger partial charge in [-0.3, -0.25) is 5.32 Å². The van der Waals surface area contributed by atoms with Gasteiger partial charge in [-0.2, -0.15) is 8.42 Å². The van der Waals surface area contributed by atoms with E-state index in [1.165, 1.54) is 0 Å². The average Bonchev–Trinajstić information content (AvgIpc) is 1.95. The first-order valence-electron chi connectivity index (χ1n) is 3.07. The monoisotopic (exact) mass is 195 g/mol. The molecule has 6 nitrogen and oxygen atoms in total. The van der Waals surface area contributed by atoms with E-state index in [1.807, 2.05) is 0 Å². The smallest absolute Gasteiger partial charge is 0.329 e. The van der Waals surface area contributed by atoms with Crippen molar-refractivity contribution in [1.82, 2.24) is 5.32 Å². The van der Waals surface area contributed by atoms with Gasteiger partial charge in [0.05, 0.1) is 12.1 Å². The summed E-state index contributed by atoms with van der Waals surface area (Å²) in [5.74, 6) is -1.05. The van der Waals surface area contributed by atoms with Crippen LogP contribution in [0.25, 0.3) is 0 Å². The van der Waals surface area contributed by atoms with Crippen LogP contribution in [0.5, 0.6) is 0 Å². The zero-order valence-electron chi connectivity index (χ0n) is 6.19. The highest BCUT2D eigenvalue weighted by atomic mass is 32.2. The molecule has 0 aromatic carbocycles. The Labute approximate surface area is 70.7 Å². The van der Waals surface area contributed by atoms with Gasteiger partial charge >= 0.3 is 5.97 Å². The number of nitrogens with one attached hydrogen (secondary N) is 1. The molecule has 0 heterocycles. The predicted molar refractivity (Wildman–Crippen MR) is 41.4 cm³/mol. The Morgan fingerprint density at radius 1 is 1.58 bits per heavy atom. The zero-order valence-corrected chi connectivity index (χ0v) is 7.00. The van der Waals surface area contributed by atoms with E-state index in [-0.39, 0.29) is 19.8 Å². The molecule has 7 heteroatoms. The lowest BCUT2D eigenvalue weighted by Crippen LogP contribution is -2.20. The second kappa shape index (κ2) is 6.77. The molecule has 70 valence electrons. The molecule has 0 fully saturated rings. The fourth-order valence-corrected chi connectivity index (χ4v) is 0.671. The lowest BCUT2D eigenvalue weighted by atomic mass is 10.7. The van der Waals surface area contributed by atoms with Gasteiger partial charge < -0.3 is 9.84 Å². The van der Waals surface area contributed by atoms with Crippen molar-refractivity contribution in [3.63, 3.8) is 0 Å². The van der Waals surface area contributed by atoms with E-state index >= 15 is 0 Å². The van der Waals surface area contributed by atoms with Crippen molar-refractivity contribution in [2.24, 2.45) is 0 Å². The van der Waals surface area contributed by atoms with Crippen LogP contribution in [0.4, 0.5) is 0 Å². The molecule has 0 rings (SSSR count). The summed E-state index contributed by atoms with van der Waals surface area (Å²) in [6.45, 7) is 0.0450. The van der Waals surface area contributed by atoms with Gasteiger partial charge in [0.15, 0.2) is 0 Å². The van der Waals surface area contributed by atoms with E-state index in [2.05, 4.69) is 10.1 Å². The molecule has 0 atom stereocenters. The third-order valence-electron chi connectivity index (χ3n) is 0.796. The molecule has 0 aromatic heterocycles. The SMILES string of the molecule is O=C(O)COCCNC=S(=O)=O. The number of carboxylic acids is 1. The largest absolute Gasteiger partial charge is 0.480 e. The normalized spacial score (nSPS) is 9.33. The summed E-state index contributed by atoms with van der Waals surface area (Å²) < 4.78 is 24.4. The molecule has 0 saturated carbocycles. The summed E-state index contributed by atoms with van der Waals surface area (Å²) in [6.07, 6.45) is 0. The van der Waals surface area contributed by atoms with Crippen LogP contribution in [0, 0.1) is 0 Å². The van der Waals surface area contributed by atoms with Crippen molar-refractivity contribution in [2.75, 3.05) is 19.8 Å². The highest BCUT2D eigenvalue weighted by Crippen LogP contribution is 1.71. The van der Waals surface area contributed by atoms with Gasteiger partial charge in [0.2, 0.25) is 10.3 Å². The molecule has 0 aliphatic heterocycles. The molecule has 0 unspecified atom stereocenters. The van der Waals surface area contributed by atoms with Crippen LogP contribution in [-0.2, 0) is 19.8 Å². The summed E-state index contributed by atoms with van der Waals surface area (Å²) in [7, 11) is -2.24. The first kappa shape index (κ1) is 11.1. The number of aliphatic carboxylic acids is 1. The number of hydrogen-bond acceptors (Lipinski definition) is 4. The molecule has 0 spiro atoms. The van der Waals surface area contributed by atoms with E-state index < -0.39 is 16.3 Å². The van der Waals surface area contributed by atoms with Crippen molar-refractivity contribution >= 4 is 21.8 Å². The molecule has 0 aromatic rings. The minimum Gasteiger partial charge on any atom is -0.480 e. The summed E-state index contributed by atoms with van der Waals surface area (Å²) in [6, 6.07) is 0. The fourth-order valence-electron chi connectivity index (χ4n) is 0.418. The highest BCUT2D eigenvalue weighted by Gasteiger charge is 1.93. The maximum absolute atomic E-state index is 9.89. The van der Waals surface area contributed by atoms with Crippen LogP contribution in [0.2, 0.25) is 0 Å². The molecule has 0 saturated heterocycles. The summed E-state index contributed by atoms with van der Waals surface area (Å²) in [4.78, 5) is 9.89. The van der Waals surface area contributed by atoms with Crippen LogP contribution < -0.4 is 5.32 Å². The molecule has 0 aliphatic rings. The Morgan fingerprint density at radius 2 is 2.25 bits per heavy atom. The Bertz CT molecular complexity index is 249. The third-order valence-corrected chi connectivity index (χ3v) is 1.15. The van der Waals surface area contributed by atoms with Crippen molar-refractivity contribution in [3.05, 3.63) is 0 Å². The molecule has 0 bridgehead atoms. The van der Waals surface area contributed by atoms with Crippen LogP contribution in [0.1, 0.15) is 0 Å². The molecular formula is C5H9NO5S. The number of ether oxygens (including phenoxy) is 1. The molecule has 0 radical (unpaired) electrons. The van der Waals surface area contributed by atoms with E-state index in [0.29, 0.717) is 0 Å². The van der Waals surface area contributed by atoms with Gasteiger partial charge in [0.25, 0.3) is 0 Å². The average molecular weight is 195 g/mol. The minimum absolute atomic E-state index is 0.153. The van der Waals surface area contributed by atoms with Crippen molar-refractivity contribution in [2.45, 2.75) is 0 Å². The van der Waals surface area contributed by atoms with Gasteiger partial charge in [0.1, 0.15) is 6.61 Å². The van der Waals surface area contributed by atoms with Gasteiger partial charge in [-0.15, -0.1) is 0 Å². The number of carboxylic acid groups (broad SMARTS) is 1. The second-order valence-electron chi connectivity index (χ2n) is 1.78. The lowest BCUT2D eigenvalue weighted by Gasteiger charge is -1.97. The lowest BCUT2D eigenvalue weighted by molar-refractivity contribution is -0.142. The Balaban J connectivity index is 3.23. The van der Waals surface area contributed by atoms with E-state index in [1.54, 1.807) is 0 Å². The molecule has 12 heavy (non-hydrogen) atoms. The number of hydrogen-bond donors (Lipinski definition) is 2. The minimum atomic E-state index is -2.24. The van der Waals surface area contributed by atoms with Gasteiger partial charge in [0, 0.05) is 6.54 Å². The van der Waals surface area contributed by atoms with Crippen molar-refractivity contribution in [3.8, 4) is 0 Å². The van der Waals surface area contributed by atoms with Gasteiger partial charge in [-0.1, -0.05) is 0 Å². The van der Waals surface area contributed by atoms with Crippen LogP contribution in [0.15, 0.2) is 0 Å². The first-order chi connectivity index (χ1) is 5.63. The standard InChI is InChI=1S/C5H9NO5S/c7-5(8)3-11-2-1-6-4-12(9)10/h4,6H,1-3H2,(H,7,8). The number of carbonyl (C=O) groups is 1. The molecule has 2 N–H and O–H groups in total. The van der Waals surface area contributed by atoms with Crippen LogP contribution >= 0.6 is 0 Å². The van der Waals surface area contributed by atoms with Crippen LogP contribution in [-0.4, -0.2) is 44.7 Å². The third kappa shape index (κ3) is 9.08. The van der Waals surface area contributed by atoms with E-state index in [0.717, 1.165) is 5.49 Å². The molecule has 0 amide bonds. The van der Waals surface area contributed by atoms with E-state index in [4.69, 9.17) is 5.11 Å². The first-order valence-corrected chi connectivity index (χ1v) is 4.21. The van der Waals surface area contributed by atoms with Gasteiger partial charge in [-0.25, -0.2) is 4.79 Å². The maximum Gasteiger partial charge on any atom is 0.329 e. The quantitative estimate of drug-likeness (QED) is 0.388. The Hall–Kier alpha value is -0.920. The van der Waals surface area contributed by atoms with E-state index in [9.17, 15) is 13.2 Å². The predicted octanol–water partition coefficient (Wildman–Crippen LogP) is -1.68.